The standard InChI is InChI=1S/C18H15N5/c19-11-15(12-20)18-22-16(13-7-3-1-4-8-13)21-17(23-18)14-9-5-2-6-10-14/h1-12,19H,20H2/b15-12+,19-11?. The second-order valence-corrected chi connectivity index (χ2v) is 4.80. The lowest BCUT2D eigenvalue weighted by Crippen LogP contribution is -2.04. The van der Waals surface area contributed by atoms with Crippen LogP contribution in [-0.4, -0.2) is 21.2 Å². The zero-order chi connectivity index (χ0) is 16.1. The summed E-state index contributed by atoms with van der Waals surface area (Å²) in [5, 5.41) is 7.47. The molecular weight excluding hydrogens is 286 g/mol. The SMILES string of the molecule is N=C/C(=C\N)c1nc(-c2ccccc2)nc(-c2ccccc2)n1. The molecule has 0 aliphatic carbocycles. The monoisotopic (exact) mass is 301 g/mol. The van der Waals surface area contributed by atoms with E-state index < -0.39 is 0 Å². The van der Waals surface area contributed by atoms with Gasteiger partial charge < -0.3 is 11.1 Å². The molecule has 2 aromatic carbocycles. The van der Waals surface area contributed by atoms with Crippen molar-refractivity contribution in [3.63, 3.8) is 0 Å². The molecule has 112 valence electrons. The summed E-state index contributed by atoms with van der Waals surface area (Å²) in [6.45, 7) is 0. The molecule has 5 nitrogen and oxygen atoms in total. The van der Waals surface area contributed by atoms with Crippen LogP contribution in [0, 0.1) is 5.41 Å². The number of rotatable bonds is 4. The highest BCUT2D eigenvalue weighted by Gasteiger charge is 2.12. The third-order valence-corrected chi connectivity index (χ3v) is 3.29. The smallest absolute Gasteiger partial charge is 0.167 e. The molecule has 0 atom stereocenters. The zero-order valence-electron chi connectivity index (χ0n) is 12.3. The predicted molar refractivity (Wildman–Crippen MR) is 91.6 cm³/mol. The molecule has 3 rings (SSSR count). The number of hydrogen-bond acceptors (Lipinski definition) is 5. The molecule has 1 heterocycles. The average Bonchev–Trinajstić information content (AvgIpc) is 2.64. The predicted octanol–water partition coefficient (Wildman–Crippen LogP) is 3.15. The van der Waals surface area contributed by atoms with Crippen molar-refractivity contribution in [2.24, 2.45) is 5.73 Å². The Morgan fingerprint density at radius 3 is 1.65 bits per heavy atom. The highest BCUT2D eigenvalue weighted by Crippen LogP contribution is 2.21. The summed E-state index contributed by atoms with van der Waals surface area (Å²) in [6.07, 6.45) is 2.46. The number of aromatic nitrogens is 3. The van der Waals surface area contributed by atoms with E-state index in [1.807, 2.05) is 60.7 Å². The highest BCUT2D eigenvalue weighted by atomic mass is 15.0. The van der Waals surface area contributed by atoms with Gasteiger partial charge in [-0.25, -0.2) is 15.0 Å². The molecule has 5 heteroatoms. The average molecular weight is 301 g/mol. The Balaban J connectivity index is 2.21. The highest BCUT2D eigenvalue weighted by molar-refractivity contribution is 6.06. The van der Waals surface area contributed by atoms with Crippen LogP contribution in [0.2, 0.25) is 0 Å². The summed E-state index contributed by atoms with van der Waals surface area (Å²) < 4.78 is 0. The number of nitrogens with one attached hydrogen (secondary N) is 1. The first-order valence-electron chi connectivity index (χ1n) is 7.11. The van der Waals surface area contributed by atoms with Crippen molar-refractivity contribution in [3.05, 3.63) is 72.7 Å². The molecule has 23 heavy (non-hydrogen) atoms. The molecule has 0 fully saturated rings. The van der Waals surface area contributed by atoms with Gasteiger partial charge in [-0.15, -0.1) is 0 Å². The maximum atomic E-state index is 7.47. The molecule has 1 aromatic heterocycles. The molecule has 0 unspecified atom stereocenters. The van der Waals surface area contributed by atoms with E-state index in [1.165, 1.54) is 6.20 Å². The summed E-state index contributed by atoms with van der Waals surface area (Å²) >= 11 is 0. The minimum Gasteiger partial charge on any atom is -0.404 e. The zero-order valence-corrected chi connectivity index (χ0v) is 12.3. The van der Waals surface area contributed by atoms with E-state index >= 15 is 0 Å². The van der Waals surface area contributed by atoms with Crippen LogP contribution in [0.4, 0.5) is 0 Å². The second kappa shape index (κ2) is 6.62. The molecule has 0 aliphatic rings. The lowest BCUT2D eigenvalue weighted by molar-refractivity contribution is 1.04. The molecule has 3 N–H and O–H groups in total. The maximum absolute atomic E-state index is 7.47. The Hall–Kier alpha value is -3.34. The minimum absolute atomic E-state index is 0.384. The number of benzene rings is 2. The van der Waals surface area contributed by atoms with Crippen molar-refractivity contribution >= 4 is 11.8 Å². The van der Waals surface area contributed by atoms with Crippen molar-refractivity contribution in [2.75, 3.05) is 0 Å². The summed E-state index contributed by atoms with van der Waals surface area (Å²) in [5.41, 5.74) is 7.79. The van der Waals surface area contributed by atoms with Crippen LogP contribution in [0.5, 0.6) is 0 Å². The van der Waals surface area contributed by atoms with Crippen LogP contribution < -0.4 is 5.73 Å². The molecule has 0 saturated carbocycles. The number of allylic oxidation sites excluding steroid dienone is 1. The van der Waals surface area contributed by atoms with Crippen LogP contribution in [0.1, 0.15) is 5.82 Å². The molecule has 0 amide bonds. The lowest BCUT2D eigenvalue weighted by atomic mass is 10.2. The van der Waals surface area contributed by atoms with Gasteiger partial charge in [-0.2, -0.15) is 0 Å². The van der Waals surface area contributed by atoms with E-state index in [1.54, 1.807) is 0 Å². The van der Waals surface area contributed by atoms with E-state index in [9.17, 15) is 0 Å². The molecule has 0 radical (unpaired) electrons. The molecule has 0 aliphatic heterocycles. The van der Waals surface area contributed by atoms with Gasteiger partial charge >= 0.3 is 0 Å². The summed E-state index contributed by atoms with van der Waals surface area (Å²) in [6, 6.07) is 19.3. The Morgan fingerprint density at radius 2 is 1.26 bits per heavy atom. The fraction of sp³-hybridized carbons (Fsp3) is 0. The molecule has 0 saturated heterocycles. The van der Waals surface area contributed by atoms with Crippen LogP contribution >= 0.6 is 0 Å². The maximum Gasteiger partial charge on any atom is 0.167 e. The third-order valence-electron chi connectivity index (χ3n) is 3.29. The fourth-order valence-electron chi connectivity index (χ4n) is 2.12. The van der Waals surface area contributed by atoms with Crippen LogP contribution in [0.25, 0.3) is 28.3 Å². The van der Waals surface area contributed by atoms with Crippen LogP contribution in [-0.2, 0) is 0 Å². The summed E-state index contributed by atoms with van der Waals surface area (Å²) in [5.74, 6) is 1.49. The van der Waals surface area contributed by atoms with Gasteiger partial charge in [0.2, 0.25) is 0 Å². The normalized spacial score (nSPS) is 11.2. The second-order valence-electron chi connectivity index (χ2n) is 4.80. The van der Waals surface area contributed by atoms with Crippen LogP contribution in [0.15, 0.2) is 66.9 Å². The van der Waals surface area contributed by atoms with Crippen molar-refractivity contribution in [2.45, 2.75) is 0 Å². The molecule has 0 bridgehead atoms. The van der Waals surface area contributed by atoms with Crippen molar-refractivity contribution < 1.29 is 0 Å². The first-order valence-corrected chi connectivity index (χ1v) is 7.11. The minimum atomic E-state index is 0.384. The molecular formula is C18H15N5. The van der Waals surface area contributed by atoms with Gasteiger partial charge in [0.15, 0.2) is 17.5 Å². The Kier molecular flexibility index (Phi) is 4.20. The van der Waals surface area contributed by atoms with E-state index in [0.29, 0.717) is 23.0 Å². The topological polar surface area (TPSA) is 88.5 Å². The van der Waals surface area contributed by atoms with Gasteiger partial charge in [0.1, 0.15) is 0 Å². The van der Waals surface area contributed by atoms with Crippen molar-refractivity contribution in [1.82, 2.24) is 15.0 Å². The van der Waals surface area contributed by atoms with E-state index in [-0.39, 0.29) is 0 Å². The number of hydrogen-bond donors (Lipinski definition) is 2. The first-order chi connectivity index (χ1) is 11.3. The summed E-state index contributed by atoms with van der Waals surface area (Å²) in [7, 11) is 0. The quantitative estimate of drug-likeness (QED) is 0.724. The van der Waals surface area contributed by atoms with Gasteiger partial charge in [-0.3, -0.25) is 0 Å². The van der Waals surface area contributed by atoms with Crippen LogP contribution in [0.3, 0.4) is 0 Å². The van der Waals surface area contributed by atoms with Gasteiger partial charge in [0, 0.05) is 23.5 Å². The van der Waals surface area contributed by atoms with Gasteiger partial charge in [0.05, 0.1) is 5.57 Å². The Labute approximate surface area is 134 Å². The van der Waals surface area contributed by atoms with E-state index in [4.69, 9.17) is 11.1 Å². The number of nitrogens with two attached hydrogens (primary N) is 1. The Morgan fingerprint density at radius 1 is 0.783 bits per heavy atom. The summed E-state index contributed by atoms with van der Waals surface area (Å²) in [4.78, 5) is 13.5. The fourth-order valence-corrected chi connectivity index (χ4v) is 2.12. The van der Waals surface area contributed by atoms with E-state index in [0.717, 1.165) is 17.3 Å². The largest absolute Gasteiger partial charge is 0.404 e. The molecule has 3 aromatic rings. The van der Waals surface area contributed by atoms with E-state index in [2.05, 4.69) is 15.0 Å². The lowest BCUT2D eigenvalue weighted by Gasteiger charge is -2.07. The third kappa shape index (κ3) is 3.13. The van der Waals surface area contributed by atoms with Gasteiger partial charge in [0.25, 0.3) is 0 Å². The van der Waals surface area contributed by atoms with Crippen molar-refractivity contribution in [1.29, 1.82) is 5.41 Å². The Bertz CT molecular complexity index is 784. The van der Waals surface area contributed by atoms with Crippen molar-refractivity contribution in [3.8, 4) is 22.8 Å². The number of nitrogens with zero attached hydrogens (tertiary/aromatic N) is 3. The first kappa shape index (κ1) is 14.6. The molecule has 0 spiro atoms. The van der Waals surface area contributed by atoms with Gasteiger partial charge in [-0.05, 0) is 0 Å². The van der Waals surface area contributed by atoms with Gasteiger partial charge in [-0.1, -0.05) is 60.7 Å².